The van der Waals surface area contributed by atoms with Crippen molar-refractivity contribution in [2.24, 2.45) is 0 Å². The van der Waals surface area contributed by atoms with E-state index < -0.39 is 0 Å². The van der Waals surface area contributed by atoms with Crippen molar-refractivity contribution in [1.82, 2.24) is 0 Å². The van der Waals surface area contributed by atoms with Gasteiger partial charge in [0.15, 0.2) is 0 Å². The fraction of sp³-hybridized carbons (Fsp3) is 0.333. The van der Waals surface area contributed by atoms with E-state index in [4.69, 9.17) is 4.74 Å². The van der Waals surface area contributed by atoms with Gasteiger partial charge in [0, 0.05) is 15.5 Å². The van der Waals surface area contributed by atoms with Crippen molar-refractivity contribution in [1.29, 1.82) is 0 Å². The molecule has 1 heterocycles. The van der Waals surface area contributed by atoms with Crippen LogP contribution in [0, 0.1) is 0 Å². The molecule has 0 radical (unpaired) electrons. The van der Waals surface area contributed by atoms with Crippen LogP contribution in [-0.4, -0.2) is 18.6 Å². The fourth-order valence-electron chi connectivity index (χ4n) is 1.15. The van der Waals surface area contributed by atoms with Crippen LogP contribution in [0.3, 0.4) is 0 Å². The van der Waals surface area contributed by atoms with Gasteiger partial charge in [0.1, 0.15) is 5.75 Å². The average molecular weight is 198 g/mol. The topological polar surface area (TPSA) is 9.23 Å². The van der Waals surface area contributed by atoms with Gasteiger partial charge in [0.05, 0.1) is 6.61 Å². The lowest BCUT2D eigenvalue weighted by Crippen LogP contribution is -2.06. The summed E-state index contributed by atoms with van der Waals surface area (Å²) in [6.07, 6.45) is 2.08. The summed E-state index contributed by atoms with van der Waals surface area (Å²) in [7, 11) is 0. The predicted octanol–water partition coefficient (Wildman–Crippen LogP) is 2.89. The maximum Gasteiger partial charge on any atom is 0.134 e. The van der Waals surface area contributed by atoms with Crippen LogP contribution in [-0.2, 0) is 0 Å². The fourth-order valence-corrected chi connectivity index (χ4v) is 2.39. The quantitative estimate of drug-likeness (QED) is 0.642. The van der Waals surface area contributed by atoms with Crippen LogP contribution in [0.2, 0.25) is 0 Å². The van der Waals surface area contributed by atoms with Crippen molar-refractivity contribution >= 4 is 23.5 Å². The van der Waals surface area contributed by atoms with Crippen LogP contribution in [0.1, 0.15) is 0 Å². The largest absolute Gasteiger partial charge is 0.492 e. The van der Waals surface area contributed by atoms with Gasteiger partial charge < -0.3 is 4.74 Å². The first kappa shape index (κ1) is 8.32. The van der Waals surface area contributed by atoms with Gasteiger partial charge in [-0.3, -0.25) is 0 Å². The zero-order valence-corrected chi connectivity index (χ0v) is 8.50. The highest BCUT2D eigenvalue weighted by atomic mass is 32.2. The van der Waals surface area contributed by atoms with Crippen LogP contribution < -0.4 is 4.74 Å². The van der Waals surface area contributed by atoms with Gasteiger partial charge in [-0.05, 0) is 24.5 Å². The van der Waals surface area contributed by atoms with Crippen molar-refractivity contribution in [3.8, 4) is 5.75 Å². The van der Waals surface area contributed by atoms with E-state index in [0.717, 1.165) is 18.1 Å². The molecule has 0 aliphatic carbocycles. The highest BCUT2D eigenvalue weighted by Gasteiger charge is 2.10. The number of hydrogen-bond donors (Lipinski definition) is 0. The van der Waals surface area contributed by atoms with Crippen LogP contribution in [0.5, 0.6) is 5.75 Å². The zero-order chi connectivity index (χ0) is 8.39. The molecular weight excluding hydrogens is 188 g/mol. The Kier molecular flexibility index (Phi) is 2.51. The zero-order valence-electron chi connectivity index (χ0n) is 6.87. The molecule has 0 unspecified atom stereocenters. The van der Waals surface area contributed by atoms with Crippen molar-refractivity contribution < 1.29 is 4.74 Å². The first-order valence-electron chi connectivity index (χ1n) is 3.84. The van der Waals surface area contributed by atoms with E-state index >= 15 is 0 Å². The number of rotatable bonds is 1. The second-order valence-corrected chi connectivity index (χ2v) is 4.53. The third-order valence-electron chi connectivity index (χ3n) is 1.75. The molecule has 2 rings (SSSR count). The summed E-state index contributed by atoms with van der Waals surface area (Å²) in [4.78, 5) is 2.55. The Balaban J connectivity index is 2.36. The van der Waals surface area contributed by atoms with E-state index in [1.54, 1.807) is 11.8 Å². The SMILES string of the molecule is CSc1ccc2c(c1)OCCS2. The maximum absolute atomic E-state index is 5.53. The molecule has 0 bridgehead atoms. The van der Waals surface area contributed by atoms with E-state index in [1.165, 1.54) is 9.79 Å². The van der Waals surface area contributed by atoms with Crippen molar-refractivity contribution in [3.05, 3.63) is 18.2 Å². The monoisotopic (exact) mass is 198 g/mol. The van der Waals surface area contributed by atoms with Gasteiger partial charge in [0.2, 0.25) is 0 Å². The lowest BCUT2D eigenvalue weighted by atomic mass is 10.3. The van der Waals surface area contributed by atoms with Crippen molar-refractivity contribution in [3.63, 3.8) is 0 Å². The van der Waals surface area contributed by atoms with E-state index in [1.807, 2.05) is 11.8 Å². The molecule has 1 aliphatic rings. The lowest BCUT2D eigenvalue weighted by molar-refractivity contribution is 0.329. The van der Waals surface area contributed by atoms with Crippen LogP contribution in [0.4, 0.5) is 0 Å². The molecule has 0 fully saturated rings. The molecule has 12 heavy (non-hydrogen) atoms. The summed E-state index contributed by atoms with van der Waals surface area (Å²) in [6, 6.07) is 6.41. The Bertz CT molecular complexity index is 286. The summed E-state index contributed by atoms with van der Waals surface area (Å²) in [5.74, 6) is 2.13. The average Bonchev–Trinajstić information content (AvgIpc) is 2.17. The molecule has 1 aromatic carbocycles. The smallest absolute Gasteiger partial charge is 0.134 e. The standard InChI is InChI=1S/C9H10OS2/c1-11-7-2-3-9-8(6-7)10-4-5-12-9/h2-3,6H,4-5H2,1H3. The van der Waals surface area contributed by atoms with Gasteiger partial charge in [-0.1, -0.05) is 0 Å². The Labute approximate surface area is 80.9 Å². The molecule has 1 nitrogen and oxygen atoms in total. The lowest BCUT2D eigenvalue weighted by Gasteiger charge is -2.16. The Morgan fingerprint density at radius 3 is 3.25 bits per heavy atom. The van der Waals surface area contributed by atoms with E-state index in [9.17, 15) is 0 Å². The number of hydrogen-bond acceptors (Lipinski definition) is 3. The molecule has 0 amide bonds. The van der Waals surface area contributed by atoms with Crippen LogP contribution >= 0.6 is 23.5 Å². The Morgan fingerprint density at radius 1 is 1.50 bits per heavy atom. The van der Waals surface area contributed by atoms with Crippen LogP contribution in [0.25, 0.3) is 0 Å². The normalized spacial score (nSPS) is 15.1. The highest BCUT2D eigenvalue weighted by Crippen LogP contribution is 2.35. The summed E-state index contributed by atoms with van der Waals surface area (Å²) < 4.78 is 5.53. The molecule has 0 spiro atoms. The molecule has 0 N–H and O–H groups in total. The molecule has 0 saturated carbocycles. The van der Waals surface area contributed by atoms with E-state index in [-0.39, 0.29) is 0 Å². The van der Waals surface area contributed by atoms with Crippen LogP contribution in [0.15, 0.2) is 28.0 Å². The molecule has 1 aromatic rings. The third kappa shape index (κ3) is 1.57. The maximum atomic E-state index is 5.53. The van der Waals surface area contributed by atoms with Gasteiger partial charge >= 0.3 is 0 Å². The second-order valence-electron chi connectivity index (χ2n) is 2.51. The molecule has 0 atom stereocenters. The second kappa shape index (κ2) is 3.62. The first-order valence-corrected chi connectivity index (χ1v) is 6.05. The van der Waals surface area contributed by atoms with Gasteiger partial charge in [-0.25, -0.2) is 0 Å². The molecule has 0 saturated heterocycles. The number of ether oxygens (including phenoxy) is 1. The van der Waals surface area contributed by atoms with E-state index in [0.29, 0.717) is 0 Å². The van der Waals surface area contributed by atoms with E-state index in [2.05, 4.69) is 24.5 Å². The highest BCUT2D eigenvalue weighted by molar-refractivity contribution is 7.99. The number of benzene rings is 1. The summed E-state index contributed by atoms with van der Waals surface area (Å²) in [6.45, 7) is 0.843. The number of fused-ring (bicyclic) bond motifs is 1. The molecule has 1 aliphatic heterocycles. The molecule has 0 aromatic heterocycles. The first-order chi connectivity index (χ1) is 5.90. The Morgan fingerprint density at radius 2 is 2.42 bits per heavy atom. The minimum absolute atomic E-state index is 0.843. The molecular formula is C9H10OS2. The summed E-state index contributed by atoms with van der Waals surface area (Å²) >= 11 is 3.63. The van der Waals surface area contributed by atoms with Gasteiger partial charge in [0.25, 0.3) is 0 Å². The van der Waals surface area contributed by atoms with Crippen molar-refractivity contribution in [2.75, 3.05) is 18.6 Å². The minimum atomic E-state index is 0.843. The molecule has 3 heteroatoms. The summed E-state index contributed by atoms with van der Waals surface area (Å²) in [5.41, 5.74) is 0. The van der Waals surface area contributed by atoms with Crippen molar-refractivity contribution in [2.45, 2.75) is 9.79 Å². The minimum Gasteiger partial charge on any atom is -0.492 e. The third-order valence-corrected chi connectivity index (χ3v) is 3.49. The Hall–Kier alpha value is -0.280. The summed E-state index contributed by atoms with van der Waals surface area (Å²) in [5, 5.41) is 0. The predicted molar refractivity (Wildman–Crippen MR) is 54.4 cm³/mol. The molecule has 64 valence electrons. The number of thioether (sulfide) groups is 2. The van der Waals surface area contributed by atoms with Gasteiger partial charge in [-0.15, -0.1) is 23.5 Å². The van der Waals surface area contributed by atoms with Gasteiger partial charge in [-0.2, -0.15) is 0 Å².